The molecule has 4 rings (SSSR count). The highest BCUT2D eigenvalue weighted by Crippen LogP contribution is 2.31. The van der Waals surface area contributed by atoms with Crippen molar-refractivity contribution < 1.29 is 8.42 Å². The van der Waals surface area contributed by atoms with Crippen molar-refractivity contribution >= 4 is 10.0 Å². The average Bonchev–Trinajstić information content (AvgIpc) is 3.07. The second-order valence-corrected chi connectivity index (χ2v) is 9.68. The minimum absolute atomic E-state index is 0.0836. The van der Waals surface area contributed by atoms with Gasteiger partial charge in [0, 0.05) is 43.5 Å². The third-order valence-electron chi connectivity index (χ3n) is 5.47. The highest BCUT2D eigenvalue weighted by atomic mass is 32.2. The molecule has 0 spiro atoms. The van der Waals surface area contributed by atoms with Gasteiger partial charge in [-0.25, -0.2) is 8.42 Å². The van der Waals surface area contributed by atoms with E-state index >= 15 is 0 Å². The SMILES string of the molecule is Cc1cccc(-c2cccc(C3CCCN(S(=O)(=O)c4cn(C)nc4C)C3)n2)c1. The molecule has 1 saturated heterocycles. The van der Waals surface area contributed by atoms with E-state index in [9.17, 15) is 8.42 Å². The molecule has 0 amide bonds. The van der Waals surface area contributed by atoms with E-state index in [1.54, 1.807) is 29.2 Å². The Balaban J connectivity index is 1.61. The Bertz CT molecular complexity index is 1140. The lowest BCUT2D eigenvalue weighted by Gasteiger charge is -2.31. The molecular formula is C22H26N4O2S. The summed E-state index contributed by atoms with van der Waals surface area (Å²) in [5.74, 6) is 0.0836. The van der Waals surface area contributed by atoms with E-state index in [0.29, 0.717) is 23.7 Å². The molecule has 1 aliphatic heterocycles. The topological polar surface area (TPSA) is 68.1 Å². The highest BCUT2D eigenvalue weighted by Gasteiger charge is 2.33. The van der Waals surface area contributed by atoms with Gasteiger partial charge in [-0.3, -0.25) is 9.67 Å². The van der Waals surface area contributed by atoms with Gasteiger partial charge in [0.2, 0.25) is 10.0 Å². The van der Waals surface area contributed by atoms with E-state index in [0.717, 1.165) is 29.8 Å². The maximum Gasteiger partial charge on any atom is 0.246 e. The van der Waals surface area contributed by atoms with Crippen molar-refractivity contribution in [1.82, 2.24) is 19.1 Å². The summed E-state index contributed by atoms with van der Waals surface area (Å²) >= 11 is 0. The van der Waals surface area contributed by atoms with Gasteiger partial charge in [0.05, 0.1) is 11.4 Å². The van der Waals surface area contributed by atoms with Crippen LogP contribution < -0.4 is 0 Å². The van der Waals surface area contributed by atoms with Gasteiger partial charge >= 0.3 is 0 Å². The number of hydrogen-bond donors (Lipinski definition) is 0. The lowest BCUT2D eigenvalue weighted by Crippen LogP contribution is -2.39. The van der Waals surface area contributed by atoms with Crippen molar-refractivity contribution in [2.45, 2.75) is 37.5 Å². The second kappa shape index (κ2) is 7.72. The fraction of sp³-hybridized carbons (Fsp3) is 0.364. The molecular weight excluding hydrogens is 384 g/mol. The molecule has 1 aromatic carbocycles. The number of sulfonamides is 1. The molecule has 0 N–H and O–H groups in total. The summed E-state index contributed by atoms with van der Waals surface area (Å²) in [6.07, 6.45) is 3.34. The molecule has 2 aromatic heterocycles. The normalized spacial score (nSPS) is 18.1. The van der Waals surface area contributed by atoms with Crippen molar-refractivity contribution in [1.29, 1.82) is 0 Å². The minimum atomic E-state index is -3.56. The van der Waals surface area contributed by atoms with Crippen molar-refractivity contribution in [3.63, 3.8) is 0 Å². The van der Waals surface area contributed by atoms with Crippen LogP contribution in [0.4, 0.5) is 0 Å². The zero-order chi connectivity index (χ0) is 20.6. The quantitative estimate of drug-likeness (QED) is 0.658. The smallest absolute Gasteiger partial charge is 0.246 e. The van der Waals surface area contributed by atoms with E-state index in [4.69, 9.17) is 4.98 Å². The van der Waals surface area contributed by atoms with Crippen LogP contribution in [0.3, 0.4) is 0 Å². The van der Waals surface area contributed by atoms with Crippen molar-refractivity contribution in [3.05, 3.63) is 65.6 Å². The molecule has 29 heavy (non-hydrogen) atoms. The summed E-state index contributed by atoms with van der Waals surface area (Å²) in [6.45, 7) is 4.78. The molecule has 3 aromatic rings. The van der Waals surface area contributed by atoms with Gasteiger partial charge in [0.15, 0.2) is 0 Å². The summed E-state index contributed by atoms with van der Waals surface area (Å²) in [5.41, 5.74) is 4.69. The van der Waals surface area contributed by atoms with Gasteiger partial charge in [-0.2, -0.15) is 9.40 Å². The number of aromatic nitrogens is 3. The van der Waals surface area contributed by atoms with Crippen LogP contribution in [0.5, 0.6) is 0 Å². The Kier molecular flexibility index (Phi) is 5.27. The predicted molar refractivity (Wildman–Crippen MR) is 113 cm³/mol. The number of rotatable bonds is 4. The molecule has 1 aliphatic rings. The molecule has 1 atom stereocenters. The minimum Gasteiger partial charge on any atom is -0.274 e. The van der Waals surface area contributed by atoms with Gasteiger partial charge in [-0.15, -0.1) is 0 Å². The summed E-state index contributed by atoms with van der Waals surface area (Å²) in [5, 5.41) is 4.20. The Morgan fingerprint density at radius 1 is 1.10 bits per heavy atom. The molecule has 0 bridgehead atoms. The number of aryl methyl sites for hydroxylation is 3. The molecule has 3 heterocycles. The Morgan fingerprint density at radius 2 is 1.90 bits per heavy atom. The number of hydrogen-bond acceptors (Lipinski definition) is 4. The second-order valence-electron chi connectivity index (χ2n) is 7.77. The largest absolute Gasteiger partial charge is 0.274 e. The molecule has 6 nitrogen and oxygen atoms in total. The van der Waals surface area contributed by atoms with Gasteiger partial charge in [0.1, 0.15) is 4.90 Å². The molecule has 1 unspecified atom stereocenters. The van der Waals surface area contributed by atoms with Crippen LogP contribution in [0.1, 0.15) is 35.7 Å². The van der Waals surface area contributed by atoms with E-state index < -0.39 is 10.0 Å². The first-order valence-corrected chi connectivity index (χ1v) is 11.3. The number of pyridine rings is 1. The van der Waals surface area contributed by atoms with E-state index in [1.807, 2.05) is 24.3 Å². The monoisotopic (exact) mass is 410 g/mol. The third kappa shape index (κ3) is 3.97. The molecule has 0 aliphatic carbocycles. The first-order valence-electron chi connectivity index (χ1n) is 9.89. The lowest BCUT2D eigenvalue weighted by atomic mass is 9.95. The van der Waals surface area contributed by atoms with Gasteiger partial charge < -0.3 is 0 Å². The van der Waals surface area contributed by atoms with Crippen LogP contribution in [0, 0.1) is 13.8 Å². The lowest BCUT2D eigenvalue weighted by molar-refractivity contribution is 0.312. The molecule has 0 radical (unpaired) electrons. The van der Waals surface area contributed by atoms with Crippen molar-refractivity contribution in [2.75, 3.05) is 13.1 Å². The predicted octanol–water partition coefficient (Wildman–Crippen LogP) is 3.67. The molecule has 1 fully saturated rings. The fourth-order valence-electron chi connectivity index (χ4n) is 4.02. The van der Waals surface area contributed by atoms with Crippen LogP contribution in [0.2, 0.25) is 0 Å². The van der Waals surface area contributed by atoms with Crippen LogP contribution in [0.15, 0.2) is 53.6 Å². The zero-order valence-corrected chi connectivity index (χ0v) is 17.9. The average molecular weight is 411 g/mol. The molecule has 152 valence electrons. The first kappa shape index (κ1) is 19.8. The summed E-state index contributed by atoms with van der Waals surface area (Å²) in [7, 11) is -1.82. The summed E-state index contributed by atoms with van der Waals surface area (Å²) in [6, 6.07) is 14.3. The highest BCUT2D eigenvalue weighted by molar-refractivity contribution is 7.89. The van der Waals surface area contributed by atoms with Crippen LogP contribution in [0.25, 0.3) is 11.3 Å². The van der Waals surface area contributed by atoms with Gasteiger partial charge in [0.25, 0.3) is 0 Å². The number of benzene rings is 1. The van der Waals surface area contributed by atoms with Gasteiger partial charge in [-0.1, -0.05) is 29.8 Å². The molecule has 7 heteroatoms. The van der Waals surface area contributed by atoms with Gasteiger partial charge in [-0.05, 0) is 44.9 Å². The summed E-state index contributed by atoms with van der Waals surface area (Å²) in [4.78, 5) is 5.17. The Morgan fingerprint density at radius 3 is 2.62 bits per heavy atom. The molecule has 0 saturated carbocycles. The van der Waals surface area contributed by atoms with E-state index in [-0.39, 0.29) is 5.92 Å². The number of nitrogens with zero attached hydrogens (tertiary/aromatic N) is 4. The third-order valence-corrected chi connectivity index (χ3v) is 7.44. The first-order chi connectivity index (χ1) is 13.8. The maximum atomic E-state index is 13.2. The van der Waals surface area contributed by atoms with Crippen LogP contribution in [-0.2, 0) is 17.1 Å². The maximum absolute atomic E-state index is 13.2. The zero-order valence-electron chi connectivity index (χ0n) is 17.0. The summed E-state index contributed by atoms with van der Waals surface area (Å²) < 4.78 is 29.5. The van der Waals surface area contributed by atoms with Crippen LogP contribution in [-0.4, -0.2) is 40.6 Å². The Hall–Kier alpha value is -2.51. The van der Waals surface area contributed by atoms with E-state index in [1.165, 1.54) is 5.56 Å². The Labute approximate surface area is 172 Å². The van der Waals surface area contributed by atoms with Crippen molar-refractivity contribution in [3.8, 4) is 11.3 Å². The van der Waals surface area contributed by atoms with E-state index in [2.05, 4.69) is 30.2 Å². The van der Waals surface area contributed by atoms with Crippen molar-refractivity contribution in [2.24, 2.45) is 7.05 Å². The number of piperidine rings is 1. The fourth-order valence-corrected chi connectivity index (χ4v) is 5.74. The van der Waals surface area contributed by atoms with Crippen LogP contribution >= 0.6 is 0 Å². The standard InChI is InChI=1S/C22H26N4O2S/c1-16-7-4-8-18(13-16)20-10-5-11-21(23-20)19-9-6-12-26(14-19)29(27,28)22-15-25(3)24-17(22)2/h4-5,7-8,10-11,13,15,19H,6,9,12,14H2,1-3H3.